The van der Waals surface area contributed by atoms with Gasteiger partial charge in [0.25, 0.3) is 5.91 Å². The van der Waals surface area contributed by atoms with Crippen molar-refractivity contribution in [1.82, 2.24) is 9.62 Å². The zero-order valence-electron chi connectivity index (χ0n) is 19.6. The molecule has 0 saturated carbocycles. The van der Waals surface area contributed by atoms with E-state index in [1.165, 1.54) is 29.6 Å². The molecule has 2 aromatic carbocycles. The summed E-state index contributed by atoms with van der Waals surface area (Å²) >= 11 is 0. The van der Waals surface area contributed by atoms with Crippen LogP contribution in [-0.2, 0) is 20.2 Å². The van der Waals surface area contributed by atoms with Gasteiger partial charge in [-0.2, -0.15) is 4.31 Å². The third-order valence-electron chi connectivity index (χ3n) is 5.36. The van der Waals surface area contributed by atoms with Gasteiger partial charge < -0.3 is 19.5 Å². The van der Waals surface area contributed by atoms with Crippen LogP contribution in [0.5, 0.6) is 11.5 Å². The smallest absolute Gasteiger partial charge is 0.255 e. The van der Waals surface area contributed by atoms with Crippen LogP contribution < -0.4 is 14.8 Å². The molecule has 8 nitrogen and oxygen atoms in total. The molecule has 3 rings (SSSR count). The minimum Gasteiger partial charge on any atom is -0.496 e. The third kappa shape index (κ3) is 6.04. The Balaban J connectivity index is 1.68. The highest BCUT2D eigenvalue weighted by atomic mass is 32.2. The molecule has 1 aliphatic heterocycles. The minimum absolute atomic E-state index is 0.0469. The van der Waals surface area contributed by atoms with Gasteiger partial charge in [0.2, 0.25) is 10.0 Å². The van der Waals surface area contributed by atoms with Crippen molar-refractivity contribution >= 4 is 15.9 Å². The van der Waals surface area contributed by atoms with Crippen molar-refractivity contribution in [3.63, 3.8) is 0 Å². The van der Waals surface area contributed by atoms with Crippen LogP contribution in [0, 0.1) is 0 Å². The number of carbonyl (C=O) groups is 1. The Morgan fingerprint density at radius 2 is 1.79 bits per heavy atom. The Hall–Kier alpha value is -2.62. The van der Waals surface area contributed by atoms with Gasteiger partial charge in [-0.05, 0) is 35.2 Å². The molecule has 1 aliphatic rings. The molecule has 1 amide bonds. The monoisotopic (exact) mass is 476 g/mol. The first-order valence-electron chi connectivity index (χ1n) is 10.9. The molecule has 0 unspecified atom stereocenters. The van der Waals surface area contributed by atoms with E-state index in [9.17, 15) is 13.2 Å². The fourth-order valence-corrected chi connectivity index (χ4v) is 5.03. The standard InChI is InChI=1S/C24H32N2O6S/c1-24(2,3)20-7-5-6-8-22(20)32-14-11-25-23(27)19-17-18(9-10-21(19)30-4)33(28,29)26-12-15-31-16-13-26/h5-10,17H,11-16H2,1-4H3,(H,25,27). The van der Waals surface area contributed by atoms with E-state index < -0.39 is 15.9 Å². The van der Waals surface area contributed by atoms with Gasteiger partial charge in [-0.1, -0.05) is 39.0 Å². The largest absolute Gasteiger partial charge is 0.496 e. The number of rotatable bonds is 8. The van der Waals surface area contributed by atoms with E-state index in [0.717, 1.165) is 11.3 Å². The summed E-state index contributed by atoms with van der Waals surface area (Å²) in [6.45, 7) is 8.12. The quantitative estimate of drug-likeness (QED) is 0.589. The summed E-state index contributed by atoms with van der Waals surface area (Å²) in [5.74, 6) is 0.640. The molecule has 2 aromatic rings. The SMILES string of the molecule is COc1ccc(S(=O)(=O)N2CCOCC2)cc1C(=O)NCCOc1ccccc1C(C)(C)C. The number of nitrogens with one attached hydrogen (secondary N) is 1. The molecule has 1 N–H and O–H groups in total. The summed E-state index contributed by atoms with van der Waals surface area (Å²) in [6, 6.07) is 12.1. The molecule has 0 bridgehead atoms. The van der Waals surface area contributed by atoms with E-state index in [1.807, 2.05) is 24.3 Å². The highest BCUT2D eigenvalue weighted by Gasteiger charge is 2.28. The summed E-state index contributed by atoms with van der Waals surface area (Å²) in [5.41, 5.74) is 1.17. The number of hydrogen-bond acceptors (Lipinski definition) is 6. The lowest BCUT2D eigenvalue weighted by molar-refractivity contribution is 0.0730. The van der Waals surface area contributed by atoms with Crippen LogP contribution in [-0.4, -0.2) is 65.2 Å². The number of morpholine rings is 1. The van der Waals surface area contributed by atoms with Gasteiger partial charge in [0.05, 0.1) is 37.3 Å². The molecule has 0 spiro atoms. The lowest BCUT2D eigenvalue weighted by Gasteiger charge is -2.26. The molecule has 180 valence electrons. The van der Waals surface area contributed by atoms with E-state index in [4.69, 9.17) is 14.2 Å². The fraction of sp³-hybridized carbons (Fsp3) is 0.458. The number of benzene rings is 2. The lowest BCUT2D eigenvalue weighted by atomic mass is 9.86. The molecule has 9 heteroatoms. The number of carbonyl (C=O) groups excluding carboxylic acids is 1. The van der Waals surface area contributed by atoms with Gasteiger partial charge in [-0.15, -0.1) is 0 Å². The highest BCUT2D eigenvalue weighted by molar-refractivity contribution is 7.89. The lowest BCUT2D eigenvalue weighted by Crippen LogP contribution is -2.40. The van der Waals surface area contributed by atoms with Crippen LogP contribution >= 0.6 is 0 Å². The number of ether oxygens (including phenoxy) is 3. The molecular formula is C24H32N2O6S. The Kier molecular flexibility index (Phi) is 7.99. The zero-order valence-corrected chi connectivity index (χ0v) is 20.4. The number of para-hydroxylation sites is 1. The van der Waals surface area contributed by atoms with Crippen molar-refractivity contribution in [1.29, 1.82) is 0 Å². The summed E-state index contributed by atoms with van der Waals surface area (Å²) in [4.78, 5) is 12.9. The minimum atomic E-state index is -3.73. The summed E-state index contributed by atoms with van der Waals surface area (Å²) < 4.78 is 43.7. The van der Waals surface area contributed by atoms with Crippen LogP contribution in [0.1, 0.15) is 36.7 Å². The Morgan fingerprint density at radius 3 is 2.45 bits per heavy atom. The maximum absolute atomic E-state index is 13.0. The third-order valence-corrected chi connectivity index (χ3v) is 7.26. The number of sulfonamides is 1. The van der Waals surface area contributed by atoms with Gasteiger partial charge in [0, 0.05) is 13.1 Å². The van der Waals surface area contributed by atoms with Crippen molar-refractivity contribution in [3.05, 3.63) is 53.6 Å². The zero-order chi connectivity index (χ0) is 24.1. The molecule has 0 aromatic heterocycles. The second-order valence-electron chi connectivity index (χ2n) is 8.73. The molecule has 33 heavy (non-hydrogen) atoms. The molecular weight excluding hydrogens is 444 g/mol. The van der Waals surface area contributed by atoms with Crippen LogP contribution in [0.3, 0.4) is 0 Å². The highest BCUT2D eigenvalue weighted by Crippen LogP contribution is 2.31. The summed E-state index contributed by atoms with van der Waals surface area (Å²) in [7, 11) is -2.29. The number of nitrogens with zero attached hydrogens (tertiary/aromatic N) is 1. The van der Waals surface area contributed by atoms with Gasteiger partial charge in [0.15, 0.2) is 0 Å². The second-order valence-corrected chi connectivity index (χ2v) is 10.7. The normalized spacial score (nSPS) is 15.2. The van der Waals surface area contributed by atoms with Gasteiger partial charge in [0.1, 0.15) is 18.1 Å². The van der Waals surface area contributed by atoms with Crippen molar-refractivity contribution in [2.75, 3.05) is 46.6 Å². The fourth-order valence-electron chi connectivity index (χ4n) is 3.59. The van der Waals surface area contributed by atoms with E-state index >= 15 is 0 Å². The van der Waals surface area contributed by atoms with Crippen LogP contribution in [0.25, 0.3) is 0 Å². The van der Waals surface area contributed by atoms with Crippen molar-refractivity contribution < 1.29 is 27.4 Å². The Labute approximate surface area is 195 Å². The number of amides is 1. The van der Waals surface area contributed by atoms with E-state index in [-0.39, 0.29) is 42.1 Å². The molecule has 0 atom stereocenters. The summed E-state index contributed by atoms with van der Waals surface area (Å²) in [5, 5.41) is 2.79. The molecule has 0 radical (unpaired) electrons. The van der Waals surface area contributed by atoms with E-state index in [1.54, 1.807) is 0 Å². The van der Waals surface area contributed by atoms with Crippen LogP contribution in [0.2, 0.25) is 0 Å². The van der Waals surface area contributed by atoms with E-state index in [0.29, 0.717) is 19.0 Å². The Bertz CT molecular complexity index is 1070. The topological polar surface area (TPSA) is 94.2 Å². The van der Waals surface area contributed by atoms with E-state index in [2.05, 4.69) is 26.1 Å². The predicted octanol–water partition coefficient (Wildman–Crippen LogP) is 2.82. The van der Waals surface area contributed by atoms with Gasteiger partial charge >= 0.3 is 0 Å². The van der Waals surface area contributed by atoms with Crippen molar-refractivity contribution in [2.24, 2.45) is 0 Å². The first-order valence-corrected chi connectivity index (χ1v) is 12.3. The molecule has 1 saturated heterocycles. The molecule has 0 aliphatic carbocycles. The van der Waals surface area contributed by atoms with Gasteiger partial charge in [-0.25, -0.2) is 8.42 Å². The first kappa shape index (κ1) is 25.0. The Morgan fingerprint density at radius 1 is 1.09 bits per heavy atom. The predicted molar refractivity (Wildman–Crippen MR) is 126 cm³/mol. The van der Waals surface area contributed by atoms with Gasteiger partial charge in [-0.3, -0.25) is 4.79 Å². The molecule has 1 heterocycles. The maximum Gasteiger partial charge on any atom is 0.255 e. The first-order chi connectivity index (χ1) is 15.6. The van der Waals surface area contributed by atoms with Crippen LogP contribution in [0.4, 0.5) is 0 Å². The second kappa shape index (κ2) is 10.5. The van der Waals surface area contributed by atoms with Crippen molar-refractivity contribution in [2.45, 2.75) is 31.1 Å². The maximum atomic E-state index is 13.0. The van der Waals surface area contributed by atoms with Crippen LogP contribution in [0.15, 0.2) is 47.4 Å². The number of methoxy groups -OCH3 is 1. The van der Waals surface area contributed by atoms with Crippen molar-refractivity contribution in [3.8, 4) is 11.5 Å². The molecule has 1 fully saturated rings. The average molecular weight is 477 g/mol. The average Bonchev–Trinajstić information content (AvgIpc) is 2.81. The summed E-state index contributed by atoms with van der Waals surface area (Å²) in [6.07, 6.45) is 0. The number of hydrogen-bond donors (Lipinski definition) is 1.